The molecule has 0 spiro atoms. The smallest absolute Gasteiger partial charge is 0.223 e. The topological polar surface area (TPSA) is 20.3 Å². The lowest BCUT2D eigenvalue weighted by Gasteiger charge is -2.30. The van der Waals surface area contributed by atoms with Gasteiger partial charge in [0.1, 0.15) is 0 Å². The van der Waals surface area contributed by atoms with Crippen molar-refractivity contribution in [1.29, 1.82) is 0 Å². The summed E-state index contributed by atoms with van der Waals surface area (Å²) in [6.07, 6.45) is 4.00. The van der Waals surface area contributed by atoms with E-state index in [1.54, 1.807) is 11.3 Å². The van der Waals surface area contributed by atoms with Gasteiger partial charge in [0, 0.05) is 19.0 Å². The highest BCUT2D eigenvalue weighted by Crippen LogP contribution is 2.36. The van der Waals surface area contributed by atoms with Crippen molar-refractivity contribution in [1.82, 2.24) is 4.90 Å². The van der Waals surface area contributed by atoms with Gasteiger partial charge in [-0.1, -0.05) is 30.3 Å². The van der Waals surface area contributed by atoms with Crippen molar-refractivity contribution < 1.29 is 4.79 Å². The molecule has 1 atom stereocenters. The van der Waals surface area contributed by atoms with Crippen LogP contribution in [0.25, 0.3) is 0 Å². The fourth-order valence-electron chi connectivity index (χ4n) is 2.90. The minimum absolute atomic E-state index is 0.287. The maximum absolute atomic E-state index is 12.7. The van der Waals surface area contributed by atoms with E-state index in [1.807, 2.05) is 18.2 Å². The number of hydrogen-bond acceptors (Lipinski definition) is 2. The highest BCUT2D eigenvalue weighted by molar-refractivity contribution is 7.07. The van der Waals surface area contributed by atoms with Crippen molar-refractivity contribution >= 4 is 17.2 Å². The van der Waals surface area contributed by atoms with Crippen LogP contribution in [0.4, 0.5) is 0 Å². The largest absolute Gasteiger partial charge is 0.335 e. The Morgan fingerprint density at radius 3 is 2.64 bits per heavy atom. The molecule has 1 aliphatic carbocycles. The van der Waals surface area contributed by atoms with E-state index in [4.69, 9.17) is 0 Å². The van der Waals surface area contributed by atoms with Crippen molar-refractivity contribution in [2.75, 3.05) is 0 Å². The summed E-state index contributed by atoms with van der Waals surface area (Å²) in [7, 11) is 0. The van der Waals surface area contributed by atoms with Crippen LogP contribution in [0.15, 0.2) is 47.2 Å². The molecule has 3 heteroatoms. The van der Waals surface area contributed by atoms with E-state index < -0.39 is 0 Å². The number of amides is 1. The van der Waals surface area contributed by atoms with Crippen LogP contribution >= 0.6 is 11.3 Å². The van der Waals surface area contributed by atoms with E-state index in [0.29, 0.717) is 18.4 Å². The first-order chi connectivity index (χ1) is 10.7. The summed E-state index contributed by atoms with van der Waals surface area (Å²) in [5.74, 6) is 0.989. The maximum atomic E-state index is 12.7. The van der Waals surface area contributed by atoms with Gasteiger partial charge in [0.25, 0.3) is 0 Å². The molecule has 2 nitrogen and oxygen atoms in total. The van der Waals surface area contributed by atoms with Crippen molar-refractivity contribution in [2.45, 2.75) is 45.2 Å². The number of carbonyl (C=O) groups excluding carboxylic acids is 1. The van der Waals surface area contributed by atoms with E-state index in [9.17, 15) is 4.79 Å². The molecule has 1 saturated carbocycles. The second-order valence-corrected chi connectivity index (χ2v) is 7.00. The van der Waals surface area contributed by atoms with Gasteiger partial charge in [0.15, 0.2) is 0 Å². The Kier molecular flexibility index (Phi) is 4.94. The summed E-state index contributed by atoms with van der Waals surface area (Å²) in [6, 6.07) is 12.8. The predicted octanol–water partition coefficient (Wildman–Crippen LogP) is 4.51. The third kappa shape index (κ3) is 3.98. The number of hydrogen-bond donors (Lipinski definition) is 0. The molecule has 1 heterocycles. The molecule has 0 N–H and O–H groups in total. The lowest BCUT2D eigenvalue weighted by Crippen LogP contribution is -2.39. The SMILES string of the molecule is CC(C1CC1)N(Cc1ccccc1)C(=O)CCc1ccsc1. The number of rotatable bonds is 7. The summed E-state index contributed by atoms with van der Waals surface area (Å²) in [5, 5.41) is 4.22. The molecule has 0 saturated heterocycles. The molecule has 0 radical (unpaired) electrons. The van der Waals surface area contributed by atoms with Crippen LogP contribution in [0.3, 0.4) is 0 Å². The van der Waals surface area contributed by atoms with Gasteiger partial charge in [0.05, 0.1) is 0 Å². The van der Waals surface area contributed by atoms with Crippen LogP contribution in [-0.2, 0) is 17.8 Å². The summed E-state index contributed by atoms with van der Waals surface area (Å²) < 4.78 is 0. The summed E-state index contributed by atoms with van der Waals surface area (Å²) in [6.45, 7) is 2.95. The Morgan fingerprint density at radius 2 is 2.00 bits per heavy atom. The van der Waals surface area contributed by atoms with Gasteiger partial charge < -0.3 is 4.90 Å². The Hall–Kier alpha value is -1.61. The second-order valence-electron chi connectivity index (χ2n) is 6.22. The molecule has 0 aliphatic heterocycles. The van der Waals surface area contributed by atoms with Crippen LogP contribution in [0, 0.1) is 5.92 Å². The van der Waals surface area contributed by atoms with E-state index in [2.05, 4.69) is 40.8 Å². The first-order valence-electron chi connectivity index (χ1n) is 8.08. The van der Waals surface area contributed by atoms with Gasteiger partial charge in [-0.25, -0.2) is 0 Å². The molecule has 0 bridgehead atoms. The van der Waals surface area contributed by atoms with Gasteiger partial charge in [-0.2, -0.15) is 11.3 Å². The van der Waals surface area contributed by atoms with Crippen LogP contribution in [0.2, 0.25) is 0 Å². The fourth-order valence-corrected chi connectivity index (χ4v) is 3.61. The molecule has 116 valence electrons. The molecule has 3 rings (SSSR count). The Balaban J connectivity index is 1.65. The maximum Gasteiger partial charge on any atom is 0.223 e. The zero-order valence-electron chi connectivity index (χ0n) is 13.1. The second kappa shape index (κ2) is 7.10. The molecule has 1 amide bonds. The number of thiophene rings is 1. The van der Waals surface area contributed by atoms with Gasteiger partial charge in [-0.15, -0.1) is 0 Å². The average Bonchev–Trinajstić information content (AvgIpc) is 3.27. The number of nitrogens with zero attached hydrogens (tertiary/aromatic N) is 1. The van der Waals surface area contributed by atoms with Gasteiger partial charge in [-0.3, -0.25) is 4.79 Å². The highest BCUT2D eigenvalue weighted by atomic mass is 32.1. The lowest BCUT2D eigenvalue weighted by atomic mass is 10.1. The molecule has 1 unspecified atom stereocenters. The predicted molar refractivity (Wildman–Crippen MR) is 91.8 cm³/mol. The van der Waals surface area contributed by atoms with E-state index in [1.165, 1.54) is 24.0 Å². The van der Waals surface area contributed by atoms with Crippen LogP contribution in [-0.4, -0.2) is 16.8 Å². The van der Waals surface area contributed by atoms with Gasteiger partial charge in [-0.05, 0) is 60.1 Å². The van der Waals surface area contributed by atoms with Crippen LogP contribution in [0.5, 0.6) is 0 Å². The Morgan fingerprint density at radius 1 is 1.23 bits per heavy atom. The quantitative estimate of drug-likeness (QED) is 0.736. The van der Waals surface area contributed by atoms with Crippen molar-refractivity contribution in [3.63, 3.8) is 0 Å². The monoisotopic (exact) mass is 313 g/mol. The fraction of sp³-hybridized carbons (Fsp3) is 0.421. The van der Waals surface area contributed by atoms with Crippen molar-refractivity contribution in [3.05, 3.63) is 58.3 Å². The third-order valence-electron chi connectivity index (χ3n) is 4.52. The van der Waals surface area contributed by atoms with Crippen LogP contribution in [0.1, 0.15) is 37.3 Å². The van der Waals surface area contributed by atoms with Crippen molar-refractivity contribution in [3.8, 4) is 0 Å². The molecule has 1 fully saturated rings. The molecular formula is C19H23NOS. The number of aryl methyl sites for hydroxylation is 1. The van der Waals surface area contributed by atoms with Gasteiger partial charge in [0.2, 0.25) is 5.91 Å². The minimum atomic E-state index is 0.287. The first-order valence-corrected chi connectivity index (χ1v) is 9.03. The minimum Gasteiger partial charge on any atom is -0.335 e. The van der Waals surface area contributed by atoms with E-state index in [-0.39, 0.29) is 5.91 Å². The average molecular weight is 313 g/mol. The molecule has 1 aromatic heterocycles. The number of carbonyl (C=O) groups is 1. The molecule has 1 aromatic carbocycles. The standard InChI is InChI=1S/C19H23NOS/c1-15(18-8-9-18)20(13-16-5-3-2-4-6-16)19(21)10-7-17-11-12-22-14-17/h2-6,11-12,14-15,18H,7-10,13H2,1H3. The Labute approximate surface area is 136 Å². The van der Waals surface area contributed by atoms with E-state index >= 15 is 0 Å². The zero-order valence-corrected chi connectivity index (χ0v) is 13.9. The first kappa shape index (κ1) is 15.3. The van der Waals surface area contributed by atoms with E-state index in [0.717, 1.165) is 13.0 Å². The van der Waals surface area contributed by atoms with Crippen molar-refractivity contribution in [2.24, 2.45) is 5.92 Å². The lowest BCUT2D eigenvalue weighted by molar-refractivity contribution is -0.134. The molecular weight excluding hydrogens is 290 g/mol. The normalized spacial score (nSPS) is 15.5. The Bertz CT molecular complexity index is 589. The summed E-state index contributed by atoms with van der Waals surface area (Å²) in [4.78, 5) is 14.8. The number of benzene rings is 1. The summed E-state index contributed by atoms with van der Waals surface area (Å²) in [5.41, 5.74) is 2.50. The third-order valence-corrected chi connectivity index (χ3v) is 5.25. The molecule has 22 heavy (non-hydrogen) atoms. The van der Waals surface area contributed by atoms with Crippen LogP contribution < -0.4 is 0 Å². The highest BCUT2D eigenvalue weighted by Gasteiger charge is 2.34. The zero-order chi connectivity index (χ0) is 15.4. The molecule has 1 aliphatic rings. The molecule has 2 aromatic rings. The summed E-state index contributed by atoms with van der Waals surface area (Å²) >= 11 is 1.70. The van der Waals surface area contributed by atoms with Gasteiger partial charge >= 0.3 is 0 Å².